The summed E-state index contributed by atoms with van der Waals surface area (Å²) in [7, 11) is 0. The van der Waals surface area contributed by atoms with E-state index < -0.39 is 12.4 Å². The Balaban J connectivity index is 1.67. The van der Waals surface area contributed by atoms with Crippen LogP contribution in [0.4, 0.5) is 0 Å². The molecule has 6 nitrogen and oxygen atoms in total. The third-order valence-electron chi connectivity index (χ3n) is 4.06. The van der Waals surface area contributed by atoms with Crippen LogP contribution in [-0.4, -0.2) is 31.6 Å². The van der Waals surface area contributed by atoms with Crippen molar-refractivity contribution >= 4 is 5.97 Å². The Morgan fingerprint density at radius 2 is 1.96 bits per heavy atom. The summed E-state index contributed by atoms with van der Waals surface area (Å²) in [6, 6.07) is 5.60. The van der Waals surface area contributed by atoms with E-state index in [0.717, 1.165) is 24.8 Å². The minimum Gasteiger partial charge on any atom is -0.455 e. The largest absolute Gasteiger partial charge is 0.455 e. The molecule has 0 bridgehead atoms. The van der Waals surface area contributed by atoms with Crippen molar-refractivity contribution in [3.8, 4) is 11.5 Å². The zero-order valence-electron chi connectivity index (χ0n) is 14.2. The van der Waals surface area contributed by atoms with Crippen molar-refractivity contribution in [3.05, 3.63) is 23.8 Å². The zero-order valence-corrected chi connectivity index (χ0v) is 14.2. The van der Waals surface area contributed by atoms with E-state index in [1.165, 1.54) is 6.92 Å². The molecule has 24 heavy (non-hydrogen) atoms. The summed E-state index contributed by atoms with van der Waals surface area (Å²) in [5.74, 6) is 0.951. The monoisotopic (exact) mass is 336 g/mol. The Morgan fingerprint density at radius 1 is 1.21 bits per heavy atom. The average molecular weight is 336 g/mol. The molecular formula is C18H24O6. The second-order valence-electron chi connectivity index (χ2n) is 6.03. The normalized spacial score (nSPS) is 21.0. The van der Waals surface area contributed by atoms with Crippen LogP contribution < -0.4 is 9.47 Å². The number of fused-ring (bicyclic) bond motifs is 1. The van der Waals surface area contributed by atoms with Gasteiger partial charge in [0.05, 0.1) is 13.2 Å². The van der Waals surface area contributed by atoms with Gasteiger partial charge in [-0.05, 0) is 31.0 Å². The molecule has 1 saturated heterocycles. The van der Waals surface area contributed by atoms with Gasteiger partial charge in [-0.3, -0.25) is 4.79 Å². The third-order valence-corrected chi connectivity index (χ3v) is 4.06. The second-order valence-corrected chi connectivity index (χ2v) is 6.03. The molecule has 0 amide bonds. The minimum atomic E-state index is -0.610. The maximum absolute atomic E-state index is 11.4. The molecule has 0 radical (unpaired) electrons. The standard InChI is InChI=1S/C18H24O6/c1-3-4-5-6-15(22-12(2)19)18-23-14-8-7-13(11-16(14)24-18)17-20-9-10-21-17/h7-8,11,15,17-18H,3-6,9-10H2,1-2H3. The van der Waals surface area contributed by atoms with Gasteiger partial charge in [-0.1, -0.05) is 19.8 Å². The maximum Gasteiger partial charge on any atom is 0.303 e. The number of esters is 1. The summed E-state index contributed by atoms with van der Waals surface area (Å²) in [6.45, 7) is 4.72. The molecule has 132 valence electrons. The molecule has 0 saturated carbocycles. The SMILES string of the molecule is CCCCCC(OC(C)=O)C1Oc2ccc(C3OCCO3)cc2O1. The van der Waals surface area contributed by atoms with E-state index in [1.807, 2.05) is 18.2 Å². The van der Waals surface area contributed by atoms with Gasteiger partial charge < -0.3 is 23.7 Å². The number of hydrogen-bond donors (Lipinski definition) is 0. The first kappa shape index (κ1) is 17.0. The predicted octanol–water partition coefficient (Wildman–Crippen LogP) is 3.34. The van der Waals surface area contributed by atoms with E-state index in [2.05, 4.69) is 6.92 Å². The predicted molar refractivity (Wildman–Crippen MR) is 85.8 cm³/mol. The van der Waals surface area contributed by atoms with Crippen molar-refractivity contribution < 1.29 is 28.5 Å². The second kappa shape index (κ2) is 7.85. The molecule has 2 aliphatic heterocycles. The van der Waals surface area contributed by atoms with Gasteiger partial charge in [0.25, 0.3) is 6.29 Å². The van der Waals surface area contributed by atoms with Crippen LogP contribution in [0.1, 0.15) is 51.4 Å². The van der Waals surface area contributed by atoms with E-state index in [9.17, 15) is 4.79 Å². The highest BCUT2D eigenvalue weighted by molar-refractivity contribution is 5.66. The highest BCUT2D eigenvalue weighted by Crippen LogP contribution is 2.39. The Labute approximate surface area is 142 Å². The number of hydrogen-bond acceptors (Lipinski definition) is 6. The minimum absolute atomic E-state index is 0.326. The van der Waals surface area contributed by atoms with Crippen LogP contribution in [0.15, 0.2) is 18.2 Å². The smallest absolute Gasteiger partial charge is 0.303 e. The Kier molecular flexibility index (Phi) is 5.58. The number of carbonyl (C=O) groups is 1. The van der Waals surface area contributed by atoms with Crippen molar-refractivity contribution in [3.63, 3.8) is 0 Å². The Hall–Kier alpha value is -1.79. The van der Waals surface area contributed by atoms with Crippen molar-refractivity contribution in [1.29, 1.82) is 0 Å². The first-order chi connectivity index (χ1) is 11.7. The topological polar surface area (TPSA) is 63.2 Å². The highest BCUT2D eigenvalue weighted by Gasteiger charge is 2.34. The molecule has 2 aliphatic rings. The molecule has 0 aromatic heterocycles. The zero-order chi connectivity index (χ0) is 16.9. The molecule has 6 heteroatoms. The summed E-state index contributed by atoms with van der Waals surface area (Å²) in [5.41, 5.74) is 0.894. The molecule has 3 rings (SSSR count). The van der Waals surface area contributed by atoms with Crippen LogP contribution in [0.5, 0.6) is 11.5 Å². The van der Waals surface area contributed by atoms with Gasteiger partial charge in [0, 0.05) is 12.5 Å². The number of benzene rings is 1. The average Bonchev–Trinajstić information content (AvgIpc) is 3.22. The van der Waals surface area contributed by atoms with Crippen LogP contribution in [0.2, 0.25) is 0 Å². The van der Waals surface area contributed by atoms with Gasteiger partial charge in [0.15, 0.2) is 23.9 Å². The number of unbranched alkanes of at least 4 members (excludes halogenated alkanes) is 2. The summed E-state index contributed by atoms with van der Waals surface area (Å²) in [4.78, 5) is 11.4. The molecule has 1 aromatic carbocycles. The van der Waals surface area contributed by atoms with Gasteiger partial charge in [-0.25, -0.2) is 0 Å². The molecule has 2 heterocycles. The maximum atomic E-state index is 11.4. The lowest BCUT2D eigenvalue weighted by Gasteiger charge is -2.21. The van der Waals surface area contributed by atoms with Crippen LogP contribution >= 0.6 is 0 Å². The van der Waals surface area contributed by atoms with E-state index in [-0.39, 0.29) is 12.3 Å². The van der Waals surface area contributed by atoms with Crippen molar-refractivity contribution in [1.82, 2.24) is 0 Å². The first-order valence-electron chi connectivity index (χ1n) is 8.55. The molecule has 1 aromatic rings. The van der Waals surface area contributed by atoms with Crippen LogP contribution in [0.3, 0.4) is 0 Å². The quantitative estimate of drug-likeness (QED) is 0.562. The lowest BCUT2D eigenvalue weighted by Crippen LogP contribution is -2.37. The van der Waals surface area contributed by atoms with Crippen LogP contribution in [0, 0.1) is 0 Å². The lowest BCUT2D eigenvalue weighted by molar-refractivity contribution is -0.160. The number of rotatable bonds is 7. The summed E-state index contributed by atoms with van der Waals surface area (Å²) < 4.78 is 28.1. The van der Waals surface area contributed by atoms with Crippen LogP contribution in [-0.2, 0) is 19.0 Å². The first-order valence-corrected chi connectivity index (χ1v) is 8.55. The van der Waals surface area contributed by atoms with Gasteiger partial charge in [-0.2, -0.15) is 0 Å². The van der Waals surface area contributed by atoms with Gasteiger partial charge in [-0.15, -0.1) is 0 Å². The van der Waals surface area contributed by atoms with Crippen molar-refractivity contribution in [2.75, 3.05) is 13.2 Å². The number of ether oxygens (including phenoxy) is 5. The van der Waals surface area contributed by atoms with Gasteiger partial charge in [0.2, 0.25) is 0 Å². The molecular weight excluding hydrogens is 312 g/mol. The highest BCUT2D eigenvalue weighted by atomic mass is 16.7. The van der Waals surface area contributed by atoms with Crippen molar-refractivity contribution in [2.45, 2.75) is 58.2 Å². The van der Waals surface area contributed by atoms with E-state index >= 15 is 0 Å². The molecule has 1 fully saturated rings. The fourth-order valence-corrected chi connectivity index (χ4v) is 2.90. The third kappa shape index (κ3) is 3.99. The van der Waals surface area contributed by atoms with Gasteiger partial charge >= 0.3 is 5.97 Å². The van der Waals surface area contributed by atoms with Crippen molar-refractivity contribution in [2.24, 2.45) is 0 Å². The fraction of sp³-hybridized carbons (Fsp3) is 0.611. The molecule has 2 unspecified atom stereocenters. The fourth-order valence-electron chi connectivity index (χ4n) is 2.90. The summed E-state index contributed by atoms with van der Waals surface area (Å²) in [5, 5.41) is 0. The van der Waals surface area contributed by atoms with Gasteiger partial charge in [0.1, 0.15) is 0 Å². The molecule has 2 atom stereocenters. The molecule has 0 spiro atoms. The van der Waals surface area contributed by atoms with E-state index in [1.54, 1.807) is 0 Å². The van der Waals surface area contributed by atoms with Crippen LogP contribution in [0.25, 0.3) is 0 Å². The van der Waals surface area contributed by atoms with E-state index in [4.69, 9.17) is 23.7 Å². The summed E-state index contributed by atoms with van der Waals surface area (Å²) in [6.07, 6.45) is 2.48. The molecule has 0 aliphatic carbocycles. The van der Waals surface area contributed by atoms with E-state index in [0.29, 0.717) is 31.1 Å². The molecule has 0 N–H and O–H groups in total. The Bertz CT molecular complexity index is 567. The lowest BCUT2D eigenvalue weighted by atomic mass is 10.1. The summed E-state index contributed by atoms with van der Waals surface area (Å²) >= 11 is 0. The Morgan fingerprint density at radius 3 is 2.67 bits per heavy atom. The number of carbonyl (C=O) groups excluding carboxylic acids is 1.